The average Bonchev–Trinajstić information content (AvgIpc) is 2.80. The Hall–Kier alpha value is -2.18. The van der Waals surface area contributed by atoms with Gasteiger partial charge in [-0.1, -0.05) is 17.7 Å². The smallest absolute Gasteiger partial charge is 0.268 e. The summed E-state index contributed by atoms with van der Waals surface area (Å²) in [6, 6.07) is 5.42. The molecule has 0 saturated carbocycles. The first-order valence-corrected chi connectivity index (χ1v) is 7.32. The molecular weight excluding hydrogens is 308 g/mol. The summed E-state index contributed by atoms with van der Waals surface area (Å²) in [4.78, 5) is 21.7. The van der Waals surface area contributed by atoms with Gasteiger partial charge in [-0.3, -0.25) is 4.79 Å². The monoisotopic (exact) mass is 318 g/mol. The highest BCUT2D eigenvalue weighted by Crippen LogP contribution is 2.32. The third-order valence-corrected chi connectivity index (χ3v) is 4.36. The van der Waals surface area contributed by atoms with Crippen LogP contribution in [0.5, 0.6) is 0 Å². The standard InChI is InChI=1S/C14H11ClN4OS/c1-7-2-3-9(8(15)6-7)19-13(20)12-10(16)11-14(21-12)18-5-4-17-11/h2-6H,16H2,1H3,(H,19,20). The minimum absolute atomic E-state index is 0.317. The number of hydrogen-bond acceptors (Lipinski definition) is 5. The predicted molar refractivity (Wildman–Crippen MR) is 86.0 cm³/mol. The number of aryl methyl sites for hydroxylation is 1. The fraction of sp³-hybridized carbons (Fsp3) is 0.0714. The number of halogens is 1. The number of amides is 1. The molecule has 0 spiro atoms. The lowest BCUT2D eigenvalue weighted by atomic mass is 10.2. The Morgan fingerprint density at radius 1 is 1.33 bits per heavy atom. The average molecular weight is 319 g/mol. The van der Waals surface area contributed by atoms with E-state index in [9.17, 15) is 4.79 Å². The first kappa shape index (κ1) is 13.8. The third-order valence-electron chi connectivity index (χ3n) is 2.94. The SMILES string of the molecule is Cc1ccc(NC(=O)c2sc3nccnc3c2N)c(Cl)c1. The molecule has 2 heterocycles. The molecule has 0 aliphatic rings. The van der Waals surface area contributed by atoms with Crippen molar-refractivity contribution < 1.29 is 4.79 Å². The number of aromatic nitrogens is 2. The van der Waals surface area contributed by atoms with E-state index >= 15 is 0 Å². The molecular formula is C14H11ClN4OS. The van der Waals surface area contributed by atoms with Gasteiger partial charge in [0.1, 0.15) is 15.2 Å². The van der Waals surface area contributed by atoms with Gasteiger partial charge in [0.25, 0.3) is 5.91 Å². The summed E-state index contributed by atoms with van der Waals surface area (Å²) in [6.45, 7) is 1.93. The summed E-state index contributed by atoms with van der Waals surface area (Å²) < 4.78 is 0. The van der Waals surface area contributed by atoms with E-state index in [1.54, 1.807) is 24.5 Å². The second-order valence-corrected chi connectivity index (χ2v) is 5.90. The van der Waals surface area contributed by atoms with Gasteiger partial charge in [0.05, 0.1) is 16.4 Å². The van der Waals surface area contributed by atoms with Gasteiger partial charge < -0.3 is 11.1 Å². The molecule has 3 N–H and O–H groups in total. The molecule has 0 unspecified atom stereocenters. The Labute approximate surface area is 129 Å². The maximum Gasteiger partial charge on any atom is 0.268 e. The van der Waals surface area contributed by atoms with Gasteiger partial charge in [-0.15, -0.1) is 11.3 Å². The lowest BCUT2D eigenvalue weighted by Gasteiger charge is -2.07. The maximum atomic E-state index is 12.3. The van der Waals surface area contributed by atoms with E-state index in [2.05, 4.69) is 15.3 Å². The Balaban J connectivity index is 1.95. The number of anilines is 2. The van der Waals surface area contributed by atoms with E-state index in [1.807, 2.05) is 13.0 Å². The van der Waals surface area contributed by atoms with Crippen LogP contribution >= 0.6 is 22.9 Å². The topological polar surface area (TPSA) is 80.9 Å². The molecule has 7 heteroatoms. The van der Waals surface area contributed by atoms with Crippen molar-refractivity contribution in [3.05, 3.63) is 46.1 Å². The Bertz CT molecular complexity index is 846. The van der Waals surface area contributed by atoms with Gasteiger partial charge in [0.15, 0.2) is 0 Å². The number of nitrogens with one attached hydrogen (secondary N) is 1. The maximum absolute atomic E-state index is 12.3. The van der Waals surface area contributed by atoms with Crippen molar-refractivity contribution in [2.75, 3.05) is 11.1 Å². The summed E-state index contributed by atoms with van der Waals surface area (Å²) in [5, 5.41) is 3.24. The molecule has 0 aliphatic carbocycles. The number of thiophene rings is 1. The molecule has 106 valence electrons. The van der Waals surface area contributed by atoms with Crippen LogP contribution in [0, 0.1) is 6.92 Å². The van der Waals surface area contributed by atoms with Crippen LogP contribution in [-0.2, 0) is 0 Å². The molecule has 0 fully saturated rings. The van der Waals surface area contributed by atoms with Gasteiger partial charge in [0.2, 0.25) is 0 Å². The molecule has 0 bridgehead atoms. The molecule has 5 nitrogen and oxygen atoms in total. The van der Waals surface area contributed by atoms with Gasteiger partial charge >= 0.3 is 0 Å². The summed E-state index contributed by atoms with van der Waals surface area (Å²) >= 11 is 7.32. The number of benzene rings is 1. The van der Waals surface area contributed by atoms with Crippen LogP contribution in [0.15, 0.2) is 30.6 Å². The zero-order valence-electron chi connectivity index (χ0n) is 11.1. The molecule has 0 aliphatic heterocycles. The van der Waals surface area contributed by atoms with Crippen molar-refractivity contribution in [1.82, 2.24) is 9.97 Å². The first-order valence-electron chi connectivity index (χ1n) is 6.13. The molecule has 3 aromatic rings. The van der Waals surface area contributed by atoms with Crippen LogP contribution in [0.1, 0.15) is 15.2 Å². The van der Waals surface area contributed by atoms with E-state index in [4.69, 9.17) is 17.3 Å². The number of carbonyl (C=O) groups is 1. The van der Waals surface area contributed by atoms with Crippen molar-refractivity contribution in [2.24, 2.45) is 0 Å². The van der Waals surface area contributed by atoms with Gasteiger partial charge in [-0.2, -0.15) is 0 Å². The fourth-order valence-corrected chi connectivity index (χ4v) is 3.11. The molecule has 21 heavy (non-hydrogen) atoms. The Kier molecular flexibility index (Phi) is 3.48. The zero-order chi connectivity index (χ0) is 15.0. The minimum atomic E-state index is -0.317. The molecule has 3 rings (SSSR count). The minimum Gasteiger partial charge on any atom is -0.396 e. The second-order valence-electron chi connectivity index (χ2n) is 4.49. The highest BCUT2D eigenvalue weighted by atomic mass is 35.5. The highest BCUT2D eigenvalue weighted by Gasteiger charge is 2.18. The van der Waals surface area contributed by atoms with E-state index in [-0.39, 0.29) is 5.91 Å². The van der Waals surface area contributed by atoms with Crippen molar-refractivity contribution in [2.45, 2.75) is 6.92 Å². The van der Waals surface area contributed by atoms with Crippen LogP contribution in [0.3, 0.4) is 0 Å². The van der Waals surface area contributed by atoms with Gasteiger partial charge in [-0.05, 0) is 24.6 Å². The molecule has 0 radical (unpaired) electrons. The third kappa shape index (κ3) is 2.55. The van der Waals surface area contributed by atoms with E-state index in [0.717, 1.165) is 5.56 Å². The number of nitrogen functional groups attached to an aromatic ring is 1. The van der Waals surface area contributed by atoms with Crippen LogP contribution < -0.4 is 11.1 Å². The van der Waals surface area contributed by atoms with Crippen molar-refractivity contribution in [3.63, 3.8) is 0 Å². The number of carbonyl (C=O) groups excluding carboxylic acids is 1. The predicted octanol–water partition coefficient (Wildman–Crippen LogP) is 3.49. The number of nitrogens with zero attached hydrogens (tertiary/aromatic N) is 2. The number of hydrogen-bond donors (Lipinski definition) is 2. The quantitative estimate of drug-likeness (QED) is 0.758. The van der Waals surface area contributed by atoms with Crippen LogP contribution in [0.4, 0.5) is 11.4 Å². The summed E-state index contributed by atoms with van der Waals surface area (Å²) in [6.07, 6.45) is 3.11. The highest BCUT2D eigenvalue weighted by molar-refractivity contribution is 7.21. The molecule has 1 amide bonds. The molecule has 2 aromatic heterocycles. The first-order chi connectivity index (χ1) is 10.1. The lowest BCUT2D eigenvalue weighted by molar-refractivity contribution is 0.103. The van der Waals surface area contributed by atoms with E-state index in [1.165, 1.54) is 11.3 Å². The fourth-order valence-electron chi connectivity index (χ4n) is 1.91. The largest absolute Gasteiger partial charge is 0.396 e. The number of fused-ring (bicyclic) bond motifs is 1. The molecule has 0 atom stereocenters. The van der Waals surface area contributed by atoms with Gasteiger partial charge in [-0.25, -0.2) is 9.97 Å². The zero-order valence-corrected chi connectivity index (χ0v) is 12.6. The summed E-state index contributed by atoms with van der Waals surface area (Å²) in [5.41, 5.74) is 8.42. The lowest BCUT2D eigenvalue weighted by Crippen LogP contribution is -2.12. The van der Waals surface area contributed by atoms with E-state index < -0.39 is 0 Å². The van der Waals surface area contributed by atoms with Crippen molar-refractivity contribution in [1.29, 1.82) is 0 Å². The van der Waals surface area contributed by atoms with Crippen LogP contribution in [-0.4, -0.2) is 15.9 Å². The van der Waals surface area contributed by atoms with Crippen LogP contribution in [0.25, 0.3) is 10.3 Å². The normalized spacial score (nSPS) is 10.8. The van der Waals surface area contributed by atoms with Crippen molar-refractivity contribution >= 4 is 50.6 Å². The van der Waals surface area contributed by atoms with E-state index in [0.29, 0.717) is 31.6 Å². The summed E-state index contributed by atoms with van der Waals surface area (Å²) in [7, 11) is 0. The molecule has 0 saturated heterocycles. The Morgan fingerprint density at radius 2 is 2.10 bits per heavy atom. The Morgan fingerprint density at radius 3 is 2.81 bits per heavy atom. The number of nitrogens with two attached hydrogens (primary N) is 1. The molecule has 1 aromatic carbocycles. The van der Waals surface area contributed by atoms with Crippen molar-refractivity contribution in [3.8, 4) is 0 Å². The number of rotatable bonds is 2. The van der Waals surface area contributed by atoms with Gasteiger partial charge in [0, 0.05) is 12.4 Å². The summed E-state index contributed by atoms with van der Waals surface area (Å²) in [5.74, 6) is -0.317. The van der Waals surface area contributed by atoms with Crippen LogP contribution in [0.2, 0.25) is 5.02 Å². The second kappa shape index (κ2) is 5.31.